The zero-order chi connectivity index (χ0) is 30.3. The van der Waals surface area contributed by atoms with Crippen molar-refractivity contribution in [1.82, 2.24) is 0 Å². The highest BCUT2D eigenvalue weighted by molar-refractivity contribution is 5.86. The van der Waals surface area contributed by atoms with Crippen LogP contribution in [0.4, 0.5) is 0 Å². The highest BCUT2D eigenvalue weighted by Crippen LogP contribution is 2.35. The average molecular weight is 581 g/mol. The maximum Gasteiger partial charge on any atom is 0.383 e. The first-order valence-corrected chi connectivity index (χ1v) is 12.8. The monoisotopic (exact) mass is 580 g/mol. The van der Waals surface area contributed by atoms with Crippen molar-refractivity contribution in [1.29, 1.82) is 0 Å². The van der Waals surface area contributed by atoms with Crippen LogP contribution in [0.25, 0.3) is 11.0 Å². The number of rotatable bonds is 11. The Morgan fingerprint density at radius 2 is 1.54 bits per heavy atom. The van der Waals surface area contributed by atoms with Crippen molar-refractivity contribution >= 4 is 34.8 Å². The SMILES string of the molecule is CCCCOc1c(O)c2ccc(O[C@@H]3O[C@H](COC(C)=O)[C@H](OC(C)=O)[C@H](OC(C)=O)[C@H]3OC(C)=O)cc2oc1=O. The molecule has 2 heterocycles. The second-order valence-electron chi connectivity index (χ2n) is 9.11. The van der Waals surface area contributed by atoms with E-state index in [2.05, 4.69) is 0 Å². The van der Waals surface area contributed by atoms with Crippen LogP contribution in [0.2, 0.25) is 0 Å². The molecule has 5 atom stereocenters. The van der Waals surface area contributed by atoms with Crippen LogP contribution < -0.4 is 15.1 Å². The van der Waals surface area contributed by atoms with Crippen LogP contribution in [-0.4, -0.2) is 72.9 Å². The van der Waals surface area contributed by atoms with Crippen molar-refractivity contribution in [2.45, 2.75) is 78.2 Å². The Morgan fingerprint density at radius 3 is 2.15 bits per heavy atom. The molecule has 1 aliphatic heterocycles. The van der Waals surface area contributed by atoms with Gasteiger partial charge in [0.15, 0.2) is 18.0 Å². The minimum atomic E-state index is -1.50. The molecule has 1 aromatic carbocycles. The predicted octanol–water partition coefficient (Wildman–Crippen LogP) is 2.14. The first-order chi connectivity index (χ1) is 19.4. The molecule has 2 aromatic rings. The number of benzene rings is 1. The first kappa shape index (κ1) is 31.2. The maximum absolute atomic E-state index is 12.5. The van der Waals surface area contributed by atoms with Gasteiger partial charge in [-0.3, -0.25) is 19.2 Å². The van der Waals surface area contributed by atoms with Crippen molar-refractivity contribution < 1.29 is 61.9 Å². The van der Waals surface area contributed by atoms with Crippen molar-refractivity contribution in [3.63, 3.8) is 0 Å². The highest BCUT2D eigenvalue weighted by atomic mass is 16.7. The Bertz CT molecular complexity index is 1330. The minimum Gasteiger partial charge on any atom is -0.504 e. The third-order valence-corrected chi connectivity index (χ3v) is 5.76. The smallest absolute Gasteiger partial charge is 0.383 e. The van der Waals surface area contributed by atoms with Crippen LogP contribution in [0.15, 0.2) is 27.4 Å². The van der Waals surface area contributed by atoms with Crippen LogP contribution >= 0.6 is 0 Å². The Morgan fingerprint density at radius 1 is 0.902 bits per heavy atom. The zero-order valence-corrected chi connectivity index (χ0v) is 23.2. The molecule has 14 heteroatoms. The Labute approximate surface area is 234 Å². The molecule has 1 N–H and O–H groups in total. The molecular formula is C27H32O14. The van der Waals surface area contributed by atoms with E-state index < -0.39 is 72.6 Å². The van der Waals surface area contributed by atoms with Crippen LogP contribution in [0.3, 0.4) is 0 Å². The highest BCUT2D eigenvalue weighted by Gasteiger charge is 2.53. The van der Waals surface area contributed by atoms with E-state index in [4.69, 9.17) is 37.6 Å². The summed E-state index contributed by atoms with van der Waals surface area (Å²) in [5.41, 5.74) is -0.964. The summed E-state index contributed by atoms with van der Waals surface area (Å²) >= 11 is 0. The summed E-state index contributed by atoms with van der Waals surface area (Å²) in [6.07, 6.45) is -5.46. The van der Waals surface area contributed by atoms with E-state index in [1.54, 1.807) is 0 Å². The summed E-state index contributed by atoms with van der Waals surface area (Å²) < 4.78 is 43.6. The minimum absolute atomic E-state index is 0.0283. The van der Waals surface area contributed by atoms with Gasteiger partial charge in [-0.1, -0.05) is 13.3 Å². The summed E-state index contributed by atoms with van der Waals surface area (Å²) in [5, 5.41) is 10.8. The lowest BCUT2D eigenvalue weighted by molar-refractivity contribution is -0.288. The zero-order valence-electron chi connectivity index (χ0n) is 23.2. The summed E-state index contributed by atoms with van der Waals surface area (Å²) in [5.74, 6) is -3.73. The molecule has 0 spiro atoms. The van der Waals surface area contributed by atoms with E-state index >= 15 is 0 Å². The van der Waals surface area contributed by atoms with Gasteiger partial charge in [0.2, 0.25) is 18.1 Å². The van der Waals surface area contributed by atoms with E-state index in [1.165, 1.54) is 18.2 Å². The number of esters is 4. The number of hydrogen-bond donors (Lipinski definition) is 1. The summed E-state index contributed by atoms with van der Waals surface area (Å²) in [7, 11) is 0. The van der Waals surface area contributed by atoms with Gasteiger partial charge < -0.3 is 42.7 Å². The molecule has 3 rings (SSSR count). The van der Waals surface area contributed by atoms with Gasteiger partial charge in [-0.2, -0.15) is 0 Å². The molecule has 1 aliphatic rings. The number of fused-ring (bicyclic) bond motifs is 1. The molecule has 0 aliphatic carbocycles. The lowest BCUT2D eigenvalue weighted by Crippen LogP contribution is -2.63. The molecule has 0 bridgehead atoms. The van der Waals surface area contributed by atoms with Gasteiger partial charge in [-0.25, -0.2) is 4.79 Å². The Kier molecular flexibility index (Phi) is 10.5. The third-order valence-electron chi connectivity index (χ3n) is 5.76. The van der Waals surface area contributed by atoms with E-state index in [9.17, 15) is 29.1 Å². The van der Waals surface area contributed by atoms with Crippen molar-refractivity contribution in [2.75, 3.05) is 13.2 Å². The van der Waals surface area contributed by atoms with E-state index in [0.29, 0.717) is 6.42 Å². The number of ether oxygens (including phenoxy) is 7. The lowest BCUT2D eigenvalue weighted by atomic mass is 9.98. The normalized spacial score (nSPS) is 21.9. The molecule has 0 radical (unpaired) electrons. The molecular weight excluding hydrogens is 548 g/mol. The summed E-state index contributed by atoms with van der Waals surface area (Å²) in [6.45, 7) is 6.18. The van der Waals surface area contributed by atoms with Gasteiger partial charge in [-0.15, -0.1) is 0 Å². The standard InChI is InChI=1S/C27H32O14/c1-6-7-10-34-23-21(32)18-9-8-17(11-19(18)40-26(23)33)39-27-25(38-16(5)31)24(37-15(4)30)22(36-14(3)29)20(41-27)12-35-13(2)28/h8-9,11,20,22,24-25,27,32H,6-7,10,12H2,1-5H3/t20-,22+,24+,25-,27-/m1/s1. The van der Waals surface area contributed by atoms with Crippen LogP contribution in [-0.2, 0) is 42.9 Å². The van der Waals surface area contributed by atoms with Crippen LogP contribution in [0.5, 0.6) is 17.2 Å². The molecule has 14 nitrogen and oxygen atoms in total. The first-order valence-electron chi connectivity index (χ1n) is 12.8. The van der Waals surface area contributed by atoms with E-state index in [-0.39, 0.29) is 29.1 Å². The predicted molar refractivity (Wildman–Crippen MR) is 137 cm³/mol. The van der Waals surface area contributed by atoms with Crippen LogP contribution in [0.1, 0.15) is 47.5 Å². The van der Waals surface area contributed by atoms with Gasteiger partial charge in [0.1, 0.15) is 24.0 Å². The number of unbranched alkanes of at least 4 members (excludes halogenated alkanes) is 1. The fourth-order valence-electron chi connectivity index (χ4n) is 4.08. The van der Waals surface area contributed by atoms with Gasteiger partial charge in [0, 0.05) is 33.8 Å². The molecule has 0 unspecified atom stereocenters. The van der Waals surface area contributed by atoms with Crippen molar-refractivity contribution in [3.8, 4) is 17.2 Å². The fourth-order valence-corrected chi connectivity index (χ4v) is 4.08. The second-order valence-corrected chi connectivity index (χ2v) is 9.11. The lowest BCUT2D eigenvalue weighted by Gasteiger charge is -2.43. The van der Waals surface area contributed by atoms with Crippen molar-refractivity contribution in [2.24, 2.45) is 0 Å². The van der Waals surface area contributed by atoms with E-state index in [0.717, 1.165) is 34.1 Å². The number of carbonyl (C=O) groups is 4. The summed E-state index contributed by atoms with van der Waals surface area (Å²) in [6, 6.07) is 4.09. The Balaban J connectivity index is 2.00. The third kappa shape index (κ3) is 8.10. The Hall–Kier alpha value is -4.33. The summed E-state index contributed by atoms with van der Waals surface area (Å²) in [4.78, 5) is 59.8. The van der Waals surface area contributed by atoms with Gasteiger partial charge in [0.05, 0.1) is 12.0 Å². The van der Waals surface area contributed by atoms with Gasteiger partial charge in [-0.05, 0) is 18.6 Å². The van der Waals surface area contributed by atoms with Gasteiger partial charge >= 0.3 is 29.5 Å². The molecule has 1 saturated heterocycles. The number of carbonyl (C=O) groups excluding carboxylic acids is 4. The van der Waals surface area contributed by atoms with Crippen molar-refractivity contribution in [3.05, 3.63) is 28.6 Å². The number of aromatic hydroxyl groups is 1. The second kappa shape index (κ2) is 13.8. The van der Waals surface area contributed by atoms with Crippen LogP contribution in [0, 0.1) is 0 Å². The van der Waals surface area contributed by atoms with Gasteiger partial charge in [0.25, 0.3) is 0 Å². The molecule has 0 amide bonds. The topological polar surface area (TPSA) is 183 Å². The molecule has 1 aromatic heterocycles. The molecule has 41 heavy (non-hydrogen) atoms. The molecule has 224 valence electrons. The fraction of sp³-hybridized carbons (Fsp3) is 0.519. The maximum atomic E-state index is 12.5. The van der Waals surface area contributed by atoms with E-state index in [1.807, 2.05) is 6.92 Å². The number of hydrogen-bond acceptors (Lipinski definition) is 14. The molecule has 0 saturated carbocycles. The molecule has 1 fully saturated rings. The quantitative estimate of drug-likeness (QED) is 0.176. The average Bonchev–Trinajstić information content (AvgIpc) is 2.87. The largest absolute Gasteiger partial charge is 0.504 e.